The molecule has 0 saturated carbocycles. The van der Waals surface area contributed by atoms with Crippen LogP contribution in [0, 0.1) is 13.8 Å². The number of hydrogen-bond acceptors (Lipinski definition) is 3. The highest BCUT2D eigenvalue weighted by Crippen LogP contribution is 2.20. The van der Waals surface area contributed by atoms with E-state index in [1.807, 2.05) is 35.5 Å². The van der Waals surface area contributed by atoms with Gasteiger partial charge in [-0.3, -0.25) is 9.36 Å². The summed E-state index contributed by atoms with van der Waals surface area (Å²) in [7, 11) is 0. The van der Waals surface area contributed by atoms with Gasteiger partial charge in [0.15, 0.2) is 0 Å². The van der Waals surface area contributed by atoms with E-state index < -0.39 is 0 Å². The van der Waals surface area contributed by atoms with Crippen LogP contribution in [0.25, 0.3) is 0 Å². The Kier molecular flexibility index (Phi) is 3.75. The Balaban J connectivity index is 2.26. The molecule has 1 atom stereocenters. The highest BCUT2D eigenvalue weighted by molar-refractivity contribution is 5.27. The van der Waals surface area contributed by atoms with E-state index in [2.05, 4.69) is 31.0 Å². The van der Waals surface area contributed by atoms with Gasteiger partial charge in [0.1, 0.15) is 0 Å². The molecule has 1 unspecified atom stereocenters. The SMILES string of the molecule is Cc1nn(Cc2ccn(C(C)C)n2)c(C)c1C(C)N. The highest BCUT2D eigenvalue weighted by Gasteiger charge is 2.15. The van der Waals surface area contributed by atoms with Gasteiger partial charge in [-0.25, -0.2) is 0 Å². The third-order valence-corrected chi connectivity index (χ3v) is 3.40. The molecule has 2 aromatic rings. The average Bonchev–Trinajstić information content (AvgIpc) is 2.85. The standard InChI is InChI=1S/C14H23N5/c1-9(2)18-7-6-13(17-18)8-19-12(5)14(10(3)15)11(4)16-19/h6-7,9-10H,8,15H2,1-5H3. The normalized spacial score (nSPS) is 13.2. The van der Waals surface area contributed by atoms with Crippen LogP contribution >= 0.6 is 0 Å². The maximum atomic E-state index is 5.99. The Labute approximate surface area is 114 Å². The minimum Gasteiger partial charge on any atom is -0.324 e. The molecule has 5 heteroatoms. The lowest BCUT2D eigenvalue weighted by atomic mass is 10.1. The molecule has 0 aromatic carbocycles. The minimum atomic E-state index is 0.0157. The predicted molar refractivity (Wildman–Crippen MR) is 76.0 cm³/mol. The first kappa shape index (κ1) is 13.8. The molecular weight excluding hydrogens is 238 g/mol. The fourth-order valence-corrected chi connectivity index (χ4v) is 2.43. The van der Waals surface area contributed by atoms with Crippen LogP contribution in [0.3, 0.4) is 0 Å². The molecule has 0 spiro atoms. The van der Waals surface area contributed by atoms with Crippen LogP contribution in [0.5, 0.6) is 0 Å². The van der Waals surface area contributed by atoms with Crippen LogP contribution in [0.4, 0.5) is 0 Å². The van der Waals surface area contributed by atoms with Gasteiger partial charge in [0.2, 0.25) is 0 Å². The van der Waals surface area contributed by atoms with Crippen molar-refractivity contribution in [3.05, 3.63) is 34.9 Å². The lowest BCUT2D eigenvalue weighted by Gasteiger charge is -2.07. The molecule has 0 saturated heterocycles. The third kappa shape index (κ3) is 2.71. The molecule has 0 radical (unpaired) electrons. The summed E-state index contributed by atoms with van der Waals surface area (Å²) in [5, 5.41) is 9.12. The van der Waals surface area contributed by atoms with E-state index in [0.717, 1.165) is 22.6 Å². The molecule has 5 nitrogen and oxygen atoms in total. The smallest absolute Gasteiger partial charge is 0.0853 e. The van der Waals surface area contributed by atoms with Gasteiger partial charge in [0.05, 0.1) is 17.9 Å². The van der Waals surface area contributed by atoms with Crippen molar-refractivity contribution in [2.75, 3.05) is 0 Å². The molecule has 2 heterocycles. The predicted octanol–water partition coefficient (Wildman–Crippen LogP) is 2.35. The zero-order chi connectivity index (χ0) is 14.2. The number of aromatic nitrogens is 4. The molecule has 2 rings (SSSR count). The van der Waals surface area contributed by atoms with Crippen molar-refractivity contribution >= 4 is 0 Å². The number of hydrogen-bond donors (Lipinski definition) is 1. The second-order valence-electron chi connectivity index (χ2n) is 5.41. The first-order valence-corrected chi connectivity index (χ1v) is 6.73. The first-order valence-electron chi connectivity index (χ1n) is 6.73. The quantitative estimate of drug-likeness (QED) is 0.919. The maximum Gasteiger partial charge on any atom is 0.0853 e. The Morgan fingerprint density at radius 3 is 2.37 bits per heavy atom. The molecule has 0 fully saturated rings. The summed E-state index contributed by atoms with van der Waals surface area (Å²) in [5.74, 6) is 0. The van der Waals surface area contributed by atoms with Crippen LogP contribution in [-0.2, 0) is 6.54 Å². The molecule has 2 N–H and O–H groups in total. The van der Waals surface area contributed by atoms with Gasteiger partial charge >= 0.3 is 0 Å². The monoisotopic (exact) mass is 261 g/mol. The summed E-state index contributed by atoms with van der Waals surface area (Å²) in [6, 6.07) is 2.44. The zero-order valence-electron chi connectivity index (χ0n) is 12.4. The molecule has 2 aromatic heterocycles. The van der Waals surface area contributed by atoms with Crippen molar-refractivity contribution in [1.29, 1.82) is 0 Å². The summed E-state index contributed by atoms with van der Waals surface area (Å²) >= 11 is 0. The fraction of sp³-hybridized carbons (Fsp3) is 0.571. The van der Waals surface area contributed by atoms with E-state index in [1.165, 1.54) is 0 Å². The van der Waals surface area contributed by atoms with Gasteiger partial charge in [-0.1, -0.05) is 0 Å². The van der Waals surface area contributed by atoms with Crippen molar-refractivity contribution in [3.63, 3.8) is 0 Å². The van der Waals surface area contributed by atoms with Crippen LogP contribution < -0.4 is 5.73 Å². The molecule has 0 bridgehead atoms. The van der Waals surface area contributed by atoms with Crippen molar-refractivity contribution in [1.82, 2.24) is 19.6 Å². The van der Waals surface area contributed by atoms with Crippen LogP contribution in [0.2, 0.25) is 0 Å². The minimum absolute atomic E-state index is 0.0157. The molecule has 0 aliphatic heterocycles. The summed E-state index contributed by atoms with van der Waals surface area (Å²) < 4.78 is 3.95. The van der Waals surface area contributed by atoms with Gasteiger partial charge in [0.25, 0.3) is 0 Å². The second-order valence-corrected chi connectivity index (χ2v) is 5.41. The first-order chi connectivity index (χ1) is 8.90. The Morgan fingerprint density at radius 1 is 1.21 bits per heavy atom. The molecule has 19 heavy (non-hydrogen) atoms. The van der Waals surface area contributed by atoms with Gasteiger partial charge in [0, 0.05) is 29.5 Å². The number of nitrogens with zero attached hydrogens (tertiary/aromatic N) is 4. The van der Waals surface area contributed by atoms with Gasteiger partial charge in [-0.2, -0.15) is 10.2 Å². The van der Waals surface area contributed by atoms with E-state index in [4.69, 9.17) is 5.73 Å². The maximum absolute atomic E-state index is 5.99. The molecule has 104 valence electrons. The summed E-state index contributed by atoms with van der Waals surface area (Å²) in [4.78, 5) is 0. The van der Waals surface area contributed by atoms with Crippen molar-refractivity contribution in [2.45, 2.75) is 53.2 Å². The van der Waals surface area contributed by atoms with E-state index in [9.17, 15) is 0 Å². The molecule has 0 amide bonds. The van der Waals surface area contributed by atoms with Gasteiger partial charge in [-0.05, 0) is 40.7 Å². The van der Waals surface area contributed by atoms with E-state index in [-0.39, 0.29) is 6.04 Å². The van der Waals surface area contributed by atoms with Gasteiger partial charge < -0.3 is 5.73 Å². The third-order valence-electron chi connectivity index (χ3n) is 3.40. The van der Waals surface area contributed by atoms with Crippen LogP contribution in [0.15, 0.2) is 12.3 Å². The molecular formula is C14H23N5. The lowest BCUT2D eigenvalue weighted by molar-refractivity contribution is 0.519. The Morgan fingerprint density at radius 2 is 1.89 bits per heavy atom. The van der Waals surface area contributed by atoms with Crippen LogP contribution in [0.1, 0.15) is 55.5 Å². The summed E-state index contributed by atoms with van der Waals surface area (Å²) in [5.41, 5.74) is 10.3. The average molecular weight is 261 g/mol. The lowest BCUT2D eigenvalue weighted by Crippen LogP contribution is -2.09. The Bertz CT molecular complexity index is 562. The molecule has 0 aliphatic rings. The molecule has 0 aliphatic carbocycles. The van der Waals surface area contributed by atoms with E-state index >= 15 is 0 Å². The zero-order valence-corrected chi connectivity index (χ0v) is 12.4. The number of aryl methyl sites for hydroxylation is 1. The topological polar surface area (TPSA) is 61.7 Å². The second kappa shape index (κ2) is 5.17. The van der Waals surface area contributed by atoms with E-state index in [1.54, 1.807) is 0 Å². The van der Waals surface area contributed by atoms with Gasteiger partial charge in [-0.15, -0.1) is 0 Å². The van der Waals surface area contributed by atoms with Crippen LogP contribution in [-0.4, -0.2) is 19.6 Å². The van der Waals surface area contributed by atoms with Crippen molar-refractivity contribution in [2.24, 2.45) is 5.73 Å². The Hall–Kier alpha value is -1.62. The van der Waals surface area contributed by atoms with E-state index in [0.29, 0.717) is 12.6 Å². The largest absolute Gasteiger partial charge is 0.324 e. The van der Waals surface area contributed by atoms with Crippen molar-refractivity contribution < 1.29 is 0 Å². The number of nitrogens with two attached hydrogens (primary N) is 1. The summed E-state index contributed by atoms with van der Waals surface area (Å²) in [6.07, 6.45) is 2.01. The highest BCUT2D eigenvalue weighted by atomic mass is 15.3. The number of rotatable bonds is 4. The summed E-state index contributed by atoms with van der Waals surface area (Å²) in [6.45, 7) is 11.0. The fourth-order valence-electron chi connectivity index (χ4n) is 2.43. The van der Waals surface area contributed by atoms with Crippen molar-refractivity contribution in [3.8, 4) is 0 Å².